The van der Waals surface area contributed by atoms with Gasteiger partial charge in [0.15, 0.2) is 0 Å². The van der Waals surface area contributed by atoms with Crippen LogP contribution in [0.1, 0.15) is 31.2 Å². The number of H-pyrrole nitrogens is 1. The monoisotopic (exact) mass is 291 g/mol. The molecule has 1 aliphatic carbocycles. The van der Waals surface area contributed by atoms with Gasteiger partial charge in [0.2, 0.25) is 0 Å². The van der Waals surface area contributed by atoms with E-state index in [1.807, 2.05) is 12.1 Å². The maximum absolute atomic E-state index is 6.03. The number of nitrogens with two attached hydrogens (primary N) is 1. The van der Waals surface area contributed by atoms with Crippen molar-refractivity contribution in [2.45, 2.75) is 44.3 Å². The molecule has 1 aromatic heterocycles. The highest BCUT2D eigenvalue weighted by atomic mass is 35.5. The van der Waals surface area contributed by atoms with Crippen LogP contribution in [0.4, 0.5) is 0 Å². The Kier molecular flexibility index (Phi) is 4.01. The molecule has 0 atom stereocenters. The van der Waals surface area contributed by atoms with E-state index in [9.17, 15) is 0 Å². The maximum Gasteiger partial charge on any atom is 0.0472 e. The minimum atomic E-state index is 0.412. The number of nitrogens with zero attached hydrogens (tertiary/aromatic N) is 1. The lowest BCUT2D eigenvalue weighted by molar-refractivity contribution is 0.177. The van der Waals surface area contributed by atoms with E-state index >= 15 is 0 Å². The van der Waals surface area contributed by atoms with Gasteiger partial charge in [0.1, 0.15) is 0 Å². The first-order chi connectivity index (χ1) is 9.63. The third-order valence-electron chi connectivity index (χ3n) is 4.51. The van der Waals surface area contributed by atoms with E-state index in [-0.39, 0.29) is 0 Å². The highest BCUT2D eigenvalue weighted by molar-refractivity contribution is 6.31. The average molecular weight is 292 g/mol. The number of aromatic nitrogens is 1. The summed E-state index contributed by atoms with van der Waals surface area (Å²) in [6.07, 6.45) is 6.83. The topological polar surface area (TPSA) is 45.0 Å². The Morgan fingerprint density at radius 1 is 1.30 bits per heavy atom. The predicted octanol–water partition coefficient (Wildman–Crippen LogP) is 3.52. The maximum atomic E-state index is 6.03. The summed E-state index contributed by atoms with van der Waals surface area (Å²) in [5, 5.41) is 2.05. The van der Waals surface area contributed by atoms with Crippen molar-refractivity contribution in [2.24, 2.45) is 5.73 Å². The smallest absolute Gasteiger partial charge is 0.0472 e. The minimum absolute atomic E-state index is 0.412. The molecule has 0 aliphatic heterocycles. The van der Waals surface area contributed by atoms with Gasteiger partial charge in [-0.05, 0) is 50.4 Å². The van der Waals surface area contributed by atoms with Gasteiger partial charge in [-0.3, -0.25) is 4.90 Å². The van der Waals surface area contributed by atoms with E-state index in [2.05, 4.69) is 29.2 Å². The summed E-state index contributed by atoms with van der Waals surface area (Å²) in [5.74, 6) is 0. The van der Waals surface area contributed by atoms with Crippen LogP contribution >= 0.6 is 11.6 Å². The molecule has 4 heteroatoms. The SMILES string of the molecule is CN(Cc1c[nH]c2cc(Cl)ccc12)C1CCC(N)CC1. The standard InChI is InChI=1S/C16H22ClN3/c1-20(14-5-3-13(18)4-6-14)10-11-9-19-16-8-12(17)2-7-15(11)16/h2,7-9,13-14,19H,3-6,10,18H2,1H3. The number of hydrogen-bond donors (Lipinski definition) is 2. The highest BCUT2D eigenvalue weighted by Gasteiger charge is 2.22. The lowest BCUT2D eigenvalue weighted by Gasteiger charge is -2.33. The van der Waals surface area contributed by atoms with E-state index in [0.29, 0.717) is 12.1 Å². The summed E-state index contributed by atoms with van der Waals surface area (Å²) in [6, 6.07) is 7.12. The fourth-order valence-corrected chi connectivity index (χ4v) is 3.40. The lowest BCUT2D eigenvalue weighted by Crippen LogP contribution is -2.38. The van der Waals surface area contributed by atoms with Crippen molar-refractivity contribution in [3.05, 3.63) is 35.0 Å². The molecule has 0 radical (unpaired) electrons. The lowest BCUT2D eigenvalue weighted by atomic mass is 9.91. The first kappa shape index (κ1) is 13.9. The predicted molar refractivity (Wildman–Crippen MR) is 85.0 cm³/mol. The third-order valence-corrected chi connectivity index (χ3v) is 4.75. The first-order valence-corrected chi connectivity index (χ1v) is 7.72. The fraction of sp³-hybridized carbons (Fsp3) is 0.500. The normalized spacial score (nSPS) is 23.6. The van der Waals surface area contributed by atoms with Crippen molar-refractivity contribution < 1.29 is 0 Å². The molecular weight excluding hydrogens is 270 g/mol. The number of benzene rings is 1. The molecule has 2 aromatic rings. The summed E-state index contributed by atoms with van der Waals surface area (Å²) >= 11 is 6.03. The van der Waals surface area contributed by atoms with Gasteiger partial charge in [-0.15, -0.1) is 0 Å². The molecule has 3 N–H and O–H groups in total. The number of rotatable bonds is 3. The molecule has 1 fully saturated rings. The molecule has 1 aliphatic rings. The van der Waals surface area contributed by atoms with Crippen LogP contribution in [0, 0.1) is 0 Å². The second kappa shape index (κ2) is 5.76. The Morgan fingerprint density at radius 2 is 2.05 bits per heavy atom. The summed E-state index contributed by atoms with van der Waals surface area (Å²) < 4.78 is 0. The van der Waals surface area contributed by atoms with Crippen molar-refractivity contribution in [3.8, 4) is 0 Å². The van der Waals surface area contributed by atoms with Gasteiger partial charge in [0, 0.05) is 40.8 Å². The number of fused-ring (bicyclic) bond motifs is 1. The average Bonchev–Trinajstić information content (AvgIpc) is 2.81. The van der Waals surface area contributed by atoms with E-state index in [1.54, 1.807) is 0 Å². The minimum Gasteiger partial charge on any atom is -0.361 e. The molecule has 0 saturated heterocycles. The van der Waals surface area contributed by atoms with E-state index < -0.39 is 0 Å². The van der Waals surface area contributed by atoms with Gasteiger partial charge in [0.05, 0.1) is 0 Å². The van der Waals surface area contributed by atoms with Crippen LogP contribution in [0.5, 0.6) is 0 Å². The van der Waals surface area contributed by atoms with Gasteiger partial charge in [-0.25, -0.2) is 0 Å². The van der Waals surface area contributed by atoms with Crippen molar-refractivity contribution in [2.75, 3.05) is 7.05 Å². The Labute approximate surface area is 125 Å². The Morgan fingerprint density at radius 3 is 2.80 bits per heavy atom. The fourth-order valence-electron chi connectivity index (χ4n) is 3.23. The molecule has 1 aromatic carbocycles. The Hall–Kier alpha value is -1.03. The molecule has 3 rings (SSSR count). The van der Waals surface area contributed by atoms with Gasteiger partial charge >= 0.3 is 0 Å². The van der Waals surface area contributed by atoms with E-state index in [4.69, 9.17) is 17.3 Å². The molecule has 0 bridgehead atoms. The zero-order chi connectivity index (χ0) is 14.1. The van der Waals surface area contributed by atoms with Crippen molar-refractivity contribution in [1.82, 2.24) is 9.88 Å². The third kappa shape index (κ3) is 2.85. The van der Waals surface area contributed by atoms with Crippen LogP contribution in [0.25, 0.3) is 10.9 Å². The molecule has 1 saturated carbocycles. The van der Waals surface area contributed by atoms with Crippen LogP contribution in [-0.2, 0) is 6.54 Å². The molecular formula is C16H22ClN3. The quantitative estimate of drug-likeness (QED) is 0.909. The Balaban J connectivity index is 1.72. The number of aromatic amines is 1. The van der Waals surface area contributed by atoms with Crippen molar-refractivity contribution >= 4 is 22.5 Å². The molecule has 0 unspecified atom stereocenters. The summed E-state index contributed by atoms with van der Waals surface area (Å²) in [7, 11) is 2.22. The number of halogens is 1. The molecule has 0 amide bonds. The zero-order valence-corrected chi connectivity index (χ0v) is 12.7. The molecule has 108 valence electrons. The molecule has 20 heavy (non-hydrogen) atoms. The molecule has 3 nitrogen and oxygen atoms in total. The van der Waals surface area contributed by atoms with Crippen molar-refractivity contribution in [3.63, 3.8) is 0 Å². The summed E-state index contributed by atoms with van der Waals surface area (Å²) in [6.45, 7) is 0.974. The second-order valence-corrected chi connectivity index (χ2v) is 6.42. The second-order valence-electron chi connectivity index (χ2n) is 5.99. The van der Waals surface area contributed by atoms with Crippen LogP contribution in [0.2, 0.25) is 5.02 Å². The Bertz CT molecular complexity index is 584. The number of nitrogens with one attached hydrogen (secondary N) is 1. The largest absolute Gasteiger partial charge is 0.361 e. The molecule has 1 heterocycles. The zero-order valence-electron chi connectivity index (χ0n) is 11.9. The number of hydrogen-bond acceptors (Lipinski definition) is 2. The van der Waals surface area contributed by atoms with Crippen LogP contribution in [0.15, 0.2) is 24.4 Å². The van der Waals surface area contributed by atoms with E-state index in [0.717, 1.165) is 29.9 Å². The van der Waals surface area contributed by atoms with Crippen LogP contribution < -0.4 is 5.73 Å². The summed E-state index contributed by atoms with van der Waals surface area (Å²) in [5.41, 5.74) is 8.44. The van der Waals surface area contributed by atoms with Crippen molar-refractivity contribution in [1.29, 1.82) is 0 Å². The van der Waals surface area contributed by atoms with Gasteiger partial charge < -0.3 is 10.7 Å². The highest BCUT2D eigenvalue weighted by Crippen LogP contribution is 2.26. The van der Waals surface area contributed by atoms with E-state index in [1.165, 1.54) is 23.8 Å². The van der Waals surface area contributed by atoms with Crippen LogP contribution in [-0.4, -0.2) is 29.0 Å². The van der Waals surface area contributed by atoms with Gasteiger partial charge in [-0.1, -0.05) is 17.7 Å². The van der Waals surface area contributed by atoms with Gasteiger partial charge in [0.25, 0.3) is 0 Å². The first-order valence-electron chi connectivity index (χ1n) is 7.35. The van der Waals surface area contributed by atoms with Crippen LogP contribution in [0.3, 0.4) is 0 Å². The molecule has 0 spiro atoms. The van der Waals surface area contributed by atoms with Gasteiger partial charge in [-0.2, -0.15) is 0 Å². The summed E-state index contributed by atoms with van der Waals surface area (Å²) in [4.78, 5) is 5.77.